The zero-order valence-corrected chi connectivity index (χ0v) is 23.6. The molecule has 5 aromatic rings. The summed E-state index contributed by atoms with van der Waals surface area (Å²) in [6.07, 6.45) is 4.12. The first-order valence-corrected chi connectivity index (χ1v) is 14.2. The molecule has 0 aliphatic carbocycles. The predicted octanol–water partition coefficient (Wildman–Crippen LogP) is 6.43. The zero-order chi connectivity index (χ0) is 28.2. The number of anilines is 1. The molecule has 1 aliphatic rings. The minimum atomic E-state index is -0.179. The molecule has 2 atom stereocenters. The van der Waals surface area contributed by atoms with E-state index in [1.165, 1.54) is 0 Å². The summed E-state index contributed by atoms with van der Waals surface area (Å²) in [6.45, 7) is 3.04. The van der Waals surface area contributed by atoms with Gasteiger partial charge in [-0.2, -0.15) is 0 Å². The number of pyridine rings is 1. The molecule has 6 rings (SSSR count). The lowest BCUT2D eigenvalue weighted by molar-refractivity contribution is -0.116. The summed E-state index contributed by atoms with van der Waals surface area (Å²) in [5, 5.41) is 9.30. The first kappa shape index (κ1) is 26.5. The van der Waals surface area contributed by atoms with Gasteiger partial charge in [-0.15, -0.1) is 0 Å². The van der Waals surface area contributed by atoms with Crippen LogP contribution in [0, 0.1) is 0 Å². The second-order valence-electron chi connectivity index (χ2n) is 9.87. The molecule has 1 amide bonds. The fourth-order valence-electron chi connectivity index (χ4n) is 5.48. The van der Waals surface area contributed by atoms with Crippen LogP contribution in [0.3, 0.4) is 0 Å². The quantitative estimate of drug-likeness (QED) is 0.202. The van der Waals surface area contributed by atoms with Gasteiger partial charge in [-0.3, -0.25) is 9.78 Å². The Kier molecular flexibility index (Phi) is 7.65. The average molecular weight is 562 g/mol. The van der Waals surface area contributed by atoms with Gasteiger partial charge in [0.25, 0.3) is 0 Å². The molecular weight excluding hydrogens is 530 g/mol. The SMILES string of the molecule is CCOc1ccc(-n2cccc2[C@@H]2[C@H](c3ccccn3)NC(=S)N2CCC(=O)Nc2cccc3ccccc23)cc1. The number of ether oxygens (including phenoxy) is 1. The van der Waals surface area contributed by atoms with Crippen LogP contribution in [0.1, 0.15) is 36.8 Å². The van der Waals surface area contributed by atoms with E-state index in [1.807, 2.05) is 104 Å². The molecule has 7 nitrogen and oxygen atoms in total. The third-order valence-corrected chi connectivity index (χ3v) is 7.70. The van der Waals surface area contributed by atoms with Gasteiger partial charge < -0.3 is 24.8 Å². The van der Waals surface area contributed by atoms with Gasteiger partial charge in [0.1, 0.15) is 5.75 Å². The Morgan fingerprint density at radius 3 is 2.59 bits per heavy atom. The van der Waals surface area contributed by atoms with Crippen molar-refractivity contribution in [1.82, 2.24) is 19.8 Å². The number of amides is 1. The standard InChI is InChI=1S/C33H31N5O2S/c1-2-40-25-17-15-24(16-18-25)37-21-8-14-29(37)32-31(28-12-5-6-20-34-28)36-33(41)38(32)22-19-30(39)35-27-13-7-10-23-9-3-4-11-26(23)27/h3-18,20-21,31-32H,2,19,22H2,1H3,(H,35,39)(H,36,41)/t31-,32+/m0/s1. The van der Waals surface area contributed by atoms with Crippen molar-refractivity contribution in [2.24, 2.45) is 0 Å². The second-order valence-corrected chi connectivity index (χ2v) is 10.3. The van der Waals surface area contributed by atoms with E-state index in [9.17, 15) is 4.79 Å². The van der Waals surface area contributed by atoms with Gasteiger partial charge in [-0.1, -0.05) is 42.5 Å². The normalized spacial score (nSPS) is 16.5. The van der Waals surface area contributed by atoms with E-state index < -0.39 is 0 Å². The Balaban J connectivity index is 1.28. The number of benzene rings is 3. The summed E-state index contributed by atoms with van der Waals surface area (Å²) in [6, 6.07) is 31.7. The monoisotopic (exact) mass is 561 g/mol. The molecule has 0 saturated carbocycles. The predicted molar refractivity (Wildman–Crippen MR) is 166 cm³/mol. The summed E-state index contributed by atoms with van der Waals surface area (Å²) in [5.41, 5.74) is 3.76. The van der Waals surface area contributed by atoms with Crippen molar-refractivity contribution in [3.8, 4) is 11.4 Å². The number of carbonyl (C=O) groups excluding carboxylic acids is 1. The topological polar surface area (TPSA) is 71.4 Å². The van der Waals surface area contributed by atoms with Gasteiger partial charge in [0.05, 0.1) is 24.4 Å². The van der Waals surface area contributed by atoms with E-state index in [1.54, 1.807) is 6.20 Å². The summed E-state index contributed by atoms with van der Waals surface area (Å²) in [7, 11) is 0. The molecule has 3 aromatic carbocycles. The molecule has 2 N–H and O–H groups in total. The maximum atomic E-state index is 13.2. The minimum absolute atomic E-state index is 0.0638. The number of hydrogen-bond acceptors (Lipinski definition) is 4. The van der Waals surface area contributed by atoms with Gasteiger partial charge in [-0.05, 0) is 79.1 Å². The summed E-state index contributed by atoms with van der Waals surface area (Å²) in [4.78, 5) is 20.0. The number of thiocarbonyl (C=S) groups is 1. The van der Waals surface area contributed by atoms with Crippen LogP contribution in [0.5, 0.6) is 5.75 Å². The highest BCUT2D eigenvalue weighted by Crippen LogP contribution is 2.39. The number of nitrogens with zero attached hydrogens (tertiary/aromatic N) is 3. The number of carbonyl (C=O) groups is 1. The van der Waals surface area contributed by atoms with Crippen molar-refractivity contribution in [1.29, 1.82) is 0 Å². The lowest BCUT2D eigenvalue weighted by atomic mass is 10.0. The molecule has 8 heteroatoms. The van der Waals surface area contributed by atoms with E-state index in [2.05, 4.69) is 31.2 Å². The van der Waals surface area contributed by atoms with Gasteiger partial charge >= 0.3 is 0 Å². The van der Waals surface area contributed by atoms with Crippen molar-refractivity contribution in [2.75, 3.05) is 18.5 Å². The lowest BCUT2D eigenvalue weighted by Crippen LogP contribution is -2.33. The number of nitrogens with one attached hydrogen (secondary N) is 2. The summed E-state index contributed by atoms with van der Waals surface area (Å²) < 4.78 is 7.81. The van der Waals surface area contributed by atoms with Gasteiger partial charge in [0.15, 0.2) is 5.11 Å². The Bertz CT molecular complexity index is 1660. The smallest absolute Gasteiger partial charge is 0.226 e. The minimum Gasteiger partial charge on any atom is -0.494 e. The maximum Gasteiger partial charge on any atom is 0.226 e. The van der Waals surface area contributed by atoms with Crippen LogP contribution >= 0.6 is 12.2 Å². The van der Waals surface area contributed by atoms with Gasteiger partial charge in [0, 0.05) is 47.8 Å². The van der Waals surface area contributed by atoms with E-state index in [4.69, 9.17) is 17.0 Å². The maximum absolute atomic E-state index is 13.2. The zero-order valence-electron chi connectivity index (χ0n) is 22.7. The van der Waals surface area contributed by atoms with Crippen molar-refractivity contribution in [3.63, 3.8) is 0 Å². The van der Waals surface area contributed by atoms with Gasteiger partial charge in [-0.25, -0.2) is 0 Å². The molecule has 0 unspecified atom stereocenters. The van der Waals surface area contributed by atoms with Crippen LogP contribution in [0.15, 0.2) is 109 Å². The Hall–Kier alpha value is -4.69. The highest BCUT2D eigenvalue weighted by Gasteiger charge is 2.41. The Morgan fingerprint density at radius 1 is 0.976 bits per heavy atom. The molecule has 1 fully saturated rings. The molecule has 41 heavy (non-hydrogen) atoms. The highest BCUT2D eigenvalue weighted by atomic mass is 32.1. The highest BCUT2D eigenvalue weighted by molar-refractivity contribution is 7.80. The Labute approximate surface area is 244 Å². The first-order chi connectivity index (χ1) is 20.1. The fraction of sp³-hybridized carbons (Fsp3) is 0.182. The number of rotatable bonds is 9. The first-order valence-electron chi connectivity index (χ1n) is 13.8. The second kappa shape index (κ2) is 11.8. The van der Waals surface area contributed by atoms with Crippen LogP contribution in [0.4, 0.5) is 5.69 Å². The van der Waals surface area contributed by atoms with Crippen LogP contribution < -0.4 is 15.4 Å². The number of fused-ring (bicyclic) bond motifs is 1. The van der Waals surface area contributed by atoms with E-state index in [0.717, 1.165) is 39.3 Å². The third kappa shape index (κ3) is 5.51. The molecule has 1 saturated heterocycles. The largest absolute Gasteiger partial charge is 0.494 e. The van der Waals surface area contributed by atoms with Crippen LogP contribution in [-0.4, -0.2) is 38.6 Å². The van der Waals surface area contributed by atoms with Gasteiger partial charge in [0.2, 0.25) is 5.91 Å². The third-order valence-electron chi connectivity index (χ3n) is 7.35. The molecule has 1 aliphatic heterocycles. The van der Waals surface area contributed by atoms with Crippen LogP contribution in [0.25, 0.3) is 16.5 Å². The number of aromatic nitrogens is 2. The van der Waals surface area contributed by atoms with Crippen molar-refractivity contribution < 1.29 is 9.53 Å². The molecule has 0 bridgehead atoms. The molecule has 206 valence electrons. The molecule has 3 heterocycles. The van der Waals surface area contributed by atoms with Crippen LogP contribution in [-0.2, 0) is 4.79 Å². The Morgan fingerprint density at radius 2 is 1.78 bits per heavy atom. The molecule has 0 spiro atoms. The van der Waals surface area contributed by atoms with E-state index in [-0.39, 0.29) is 24.4 Å². The average Bonchev–Trinajstić information content (AvgIpc) is 3.61. The van der Waals surface area contributed by atoms with E-state index in [0.29, 0.717) is 18.3 Å². The molecule has 0 radical (unpaired) electrons. The molecular formula is C33H31N5O2S. The van der Waals surface area contributed by atoms with Crippen molar-refractivity contribution in [2.45, 2.75) is 25.4 Å². The van der Waals surface area contributed by atoms with Crippen molar-refractivity contribution >= 4 is 39.7 Å². The molecule has 2 aromatic heterocycles. The van der Waals surface area contributed by atoms with Crippen molar-refractivity contribution in [3.05, 3.63) is 121 Å². The van der Waals surface area contributed by atoms with E-state index >= 15 is 0 Å². The number of hydrogen-bond donors (Lipinski definition) is 2. The summed E-state index contributed by atoms with van der Waals surface area (Å²) in [5.74, 6) is 0.768. The van der Waals surface area contributed by atoms with Crippen LogP contribution in [0.2, 0.25) is 0 Å². The lowest BCUT2D eigenvalue weighted by Gasteiger charge is -2.29. The summed E-state index contributed by atoms with van der Waals surface area (Å²) >= 11 is 5.85. The fourth-order valence-corrected chi connectivity index (χ4v) is 5.81.